The Morgan fingerprint density at radius 1 is 1.22 bits per heavy atom. The fraction of sp³-hybridized carbons (Fsp3) is 0.409. The molecule has 2 aromatic rings. The number of benzene rings is 1. The summed E-state index contributed by atoms with van der Waals surface area (Å²) in [5.41, 5.74) is 3.44. The van der Waals surface area contributed by atoms with Crippen LogP contribution in [0.2, 0.25) is 0 Å². The Labute approximate surface area is 160 Å². The van der Waals surface area contributed by atoms with E-state index in [0.29, 0.717) is 42.2 Å². The molecule has 0 spiro atoms. The van der Waals surface area contributed by atoms with Crippen molar-refractivity contribution >= 4 is 11.5 Å². The van der Waals surface area contributed by atoms with Crippen molar-refractivity contribution in [2.75, 3.05) is 13.2 Å². The van der Waals surface area contributed by atoms with Crippen molar-refractivity contribution in [1.82, 2.24) is 14.9 Å². The van der Waals surface area contributed by atoms with Crippen LogP contribution in [0.5, 0.6) is 5.75 Å². The molecule has 1 aromatic heterocycles. The fourth-order valence-corrected chi connectivity index (χ4v) is 3.63. The maximum Gasteiger partial charge on any atom is 0.258 e. The van der Waals surface area contributed by atoms with E-state index in [0.717, 1.165) is 24.8 Å². The van der Waals surface area contributed by atoms with Gasteiger partial charge in [-0.25, -0.2) is 9.97 Å². The number of fused-ring (bicyclic) bond motifs is 1. The maximum atomic E-state index is 13.2. The molecule has 1 amide bonds. The zero-order chi connectivity index (χ0) is 18.9. The quantitative estimate of drug-likeness (QED) is 0.824. The van der Waals surface area contributed by atoms with E-state index in [1.54, 1.807) is 23.4 Å². The minimum absolute atomic E-state index is 0.0199. The largest absolute Gasteiger partial charge is 0.491 e. The van der Waals surface area contributed by atoms with E-state index < -0.39 is 0 Å². The number of carbonyl (C=O) groups excluding carboxylic acids is 1. The van der Waals surface area contributed by atoms with Crippen LogP contribution in [0.15, 0.2) is 42.7 Å². The van der Waals surface area contributed by atoms with Gasteiger partial charge in [-0.1, -0.05) is 26.0 Å². The third kappa shape index (κ3) is 3.87. The van der Waals surface area contributed by atoms with Gasteiger partial charge in [0.25, 0.3) is 5.91 Å². The SMILES string of the molecule is CC1(C)CC=C(c2ccc3c(c2)C(=O)N(Cc2ncccn2)CCO3)CC1. The number of amides is 1. The lowest BCUT2D eigenvalue weighted by atomic mass is 9.77. The van der Waals surface area contributed by atoms with Crippen LogP contribution < -0.4 is 4.74 Å². The zero-order valence-electron chi connectivity index (χ0n) is 15.9. The molecule has 0 N–H and O–H groups in total. The molecule has 1 aromatic carbocycles. The first-order valence-electron chi connectivity index (χ1n) is 9.53. The smallest absolute Gasteiger partial charge is 0.258 e. The molecule has 2 heterocycles. The number of carbonyl (C=O) groups is 1. The second kappa shape index (κ2) is 7.14. The Bertz CT molecular complexity index is 874. The van der Waals surface area contributed by atoms with Crippen molar-refractivity contribution in [3.8, 4) is 5.75 Å². The lowest BCUT2D eigenvalue weighted by molar-refractivity contribution is 0.0738. The van der Waals surface area contributed by atoms with Crippen LogP contribution in [0.3, 0.4) is 0 Å². The topological polar surface area (TPSA) is 55.3 Å². The summed E-state index contributed by atoms with van der Waals surface area (Å²) in [6.07, 6.45) is 9.00. The summed E-state index contributed by atoms with van der Waals surface area (Å²) < 4.78 is 5.84. The summed E-state index contributed by atoms with van der Waals surface area (Å²) in [5.74, 6) is 1.29. The van der Waals surface area contributed by atoms with E-state index in [1.807, 2.05) is 12.1 Å². The van der Waals surface area contributed by atoms with Gasteiger partial charge in [-0.05, 0) is 54.0 Å². The predicted octanol–water partition coefficient (Wildman–Crippen LogP) is 4.10. The molecule has 2 aliphatic rings. The molecule has 5 heteroatoms. The number of nitrogens with zero attached hydrogens (tertiary/aromatic N) is 3. The van der Waals surface area contributed by atoms with E-state index in [2.05, 4.69) is 36.0 Å². The first kappa shape index (κ1) is 17.7. The third-order valence-corrected chi connectivity index (χ3v) is 5.41. The van der Waals surface area contributed by atoms with E-state index in [1.165, 1.54) is 5.57 Å². The molecule has 27 heavy (non-hydrogen) atoms. The number of hydrogen-bond acceptors (Lipinski definition) is 4. The molecule has 1 aliphatic heterocycles. The van der Waals surface area contributed by atoms with Crippen LogP contribution in [0.4, 0.5) is 0 Å². The minimum atomic E-state index is -0.0199. The van der Waals surface area contributed by atoms with Gasteiger partial charge >= 0.3 is 0 Å². The highest BCUT2D eigenvalue weighted by molar-refractivity contribution is 5.98. The Kier molecular flexibility index (Phi) is 4.68. The van der Waals surface area contributed by atoms with Crippen molar-refractivity contribution in [1.29, 1.82) is 0 Å². The van der Waals surface area contributed by atoms with E-state index >= 15 is 0 Å². The van der Waals surface area contributed by atoms with Crippen LogP contribution in [-0.4, -0.2) is 33.9 Å². The molecule has 0 unspecified atom stereocenters. The molecule has 140 valence electrons. The fourth-order valence-electron chi connectivity index (χ4n) is 3.63. The summed E-state index contributed by atoms with van der Waals surface area (Å²) in [6.45, 7) is 6.00. The number of rotatable bonds is 3. The molecular formula is C22H25N3O2. The molecule has 0 radical (unpaired) electrons. The highest BCUT2D eigenvalue weighted by Crippen LogP contribution is 2.39. The number of hydrogen-bond donors (Lipinski definition) is 0. The standard InChI is InChI=1S/C22H25N3O2/c1-22(2)8-6-16(7-9-22)17-4-5-19-18(14-17)21(26)25(12-13-27-19)15-20-23-10-3-11-24-20/h3-6,10-11,14H,7-9,12-13,15H2,1-2H3. The highest BCUT2D eigenvalue weighted by atomic mass is 16.5. The summed E-state index contributed by atoms with van der Waals surface area (Å²) in [5, 5.41) is 0. The van der Waals surface area contributed by atoms with Gasteiger partial charge in [0, 0.05) is 12.4 Å². The van der Waals surface area contributed by atoms with Gasteiger partial charge in [-0.15, -0.1) is 0 Å². The average molecular weight is 363 g/mol. The van der Waals surface area contributed by atoms with Crippen molar-refractivity contribution in [3.63, 3.8) is 0 Å². The summed E-state index contributed by atoms with van der Waals surface area (Å²) in [4.78, 5) is 23.4. The van der Waals surface area contributed by atoms with Crippen LogP contribution in [0.25, 0.3) is 5.57 Å². The normalized spacial score (nSPS) is 19.0. The summed E-state index contributed by atoms with van der Waals surface area (Å²) in [7, 11) is 0. The van der Waals surface area contributed by atoms with Crippen molar-refractivity contribution in [3.05, 3.63) is 59.7 Å². The van der Waals surface area contributed by atoms with E-state index in [-0.39, 0.29) is 5.91 Å². The monoisotopic (exact) mass is 363 g/mol. The number of aromatic nitrogens is 2. The zero-order valence-corrected chi connectivity index (χ0v) is 15.9. The van der Waals surface area contributed by atoms with E-state index in [9.17, 15) is 4.79 Å². The molecule has 0 fully saturated rings. The van der Waals surface area contributed by atoms with Gasteiger partial charge < -0.3 is 9.64 Å². The summed E-state index contributed by atoms with van der Waals surface area (Å²) in [6, 6.07) is 7.78. The van der Waals surface area contributed by atoms with Crippen molar-refractivity contribution in [2.45, 2.75) is 39.7 Å². The average Bonchev–Trinajstić information content (AvgIpc) is 2.82. The molecule has 0 bridgehead atoms. The van der Waals surface area contributed by atoms with Crippen LogP contribution in [-0.2, 0) is 6.54 Å². The number of ether oxygens (including phenoxy) is 1. The second-order valence-electron chi connectivity index (χ2n) is 8.05. The molecule has 4 rings (SSSR count). The van der Waals surface area contributed by atoms with Crippen LogP contribution in [0.1, 0.15) is 54.9 Å². The van der Waals surface area contributed by atoms with Gasteiger partial charge in [0.05, 0.1) is 18.7 Å². The van der Waals surface area contributed by atoms with Crippen molar-refractivity contribution in [2.24, 2.45) is 5.41 Å². The molecule has 0 saturated heterocycles. The Morgan fingerprint density at radius 3 is 2.78 bits per heavy atom. The van der Waals surface area contributed by atoms with Crippen LogP contribution in [0, 0.1) is 5.41 Å². The molecular weight excluding hydrogens is 338 g/mol. The Morgan fingerprint density at radius 2 is 2.04 bits per heavy atom. The predicted molar refractivity (Wildman–Crippen MR) is 104 cm³/mol. The van der Waals surface area contributed by atoms with Gasteiger partial charge in [-0.2, -0.15) is 0 Å². The van der Waals surface area contributed by atoms with Gasteiger partial charge in [0.2, 0.25) is 0 Å². The maximum absolute atomic E-state index is 13.2. The van der Waals surface area contributed by atoms with Crippen molar-refractivity contribution < 1.29 is 9.53 Å². The first-order chi connectivity index (χ1) is 13.0. The van der Waals surface area contributed by atoms with Gasteiger partial charge in [0.15, 0.2) is 0 Å². The molecule has 0 saturated carbocycles. The summed E-state index contributed by atoms with van der Waals surface area (Å²) >= 11 is 0. The molecule has 1 aliphatic carbocycles. The molecule has 5 nitrogen and oxygen atoms in total. The Hall–Kier alpha value is -2.69. The number of allylic oxidation sites excluding steroid dienone is 2. The lowest BCUT2D eigenvalue weighted by Gasteiger charge is -2.29. The first-order valence-corrected chi connectivity index (χ1v) is 9.53. The van der Waals surface area contributed by atoms with Crippen LogP contribution >= 0.6 is 0 Å². The minimum Gasteiger partial charge on any atom is -0.491 e. The third-order valence-electron chi connectivity index (χ3n) is 5.41. The highest BCUT2D eigenvalue weighted by Gasteiger charge is 2.26. The molecule has 0 atom stereocenters. The van der Waals surface area contributed by atoms with Gasteiger partial charge in [0.1, 0.15) is 18.2 Å². The second-order valence-corrected chi connectivity index (χ2v) is 8.05. The lowest BCUT2D eigenvalue weighted by Crippen LogP contribution is -2.32. The van der Waals surface area contributed by atoms with E-state index in [4.69, 9.17) is 4.74 Å². The Balaban J connectivity index is 1.61. The van der Waals surface area contributed by atoms with Gasteiger partial charge in [-0.3, -0.25) is 4.79 Å².